The van der Waals surface area contributed by atoms with Crippen LogP contribution in [0.5, 0.6) is 0 Å². The molecule has 1 aromatic carbocycles. The average molecular weight is 393 g/mol. The van der Waals surface area contributed by atoms with Crippen LogP contribution in [0.1, 0.15) is 15.3 Å². The van der Waals surface area contributed by atoms with Crippen LogP contribution < -0.4 is 5.32 Å². The summed E-state index contributed by atoms with van der Waals surface area (Å²) >= 11 is 6.65. The third-order valence-electron chi connectivity index (χ3n) is 3.04. The van der Waals surface area contributed by atoms with E-state index in [0.717, 1.165) is 20.6 Å². The molecule has 2 heterocycles. The van der Waals surface area contributed by atoms with Crippen molar-refractivity contribution in [2.24, 2.45) is 0 Å². The highest BCUT2D eigenvalue weighted by atomic mass is 79.9. The van der Waals surface area contributed by atoms with Crippen molar-refractivity contribution in [3.05, 3.63) is 67.8 Å². The van der Waals surface area contributed by atoms with Crippen molar-refractivity contribution >= 4 is 49.6 Å². The molecule has 6 heteroatoms. The number of thiazole rings is 1. The predicted molar refractivity (Wildman–Crippen MR) is 95.7 cm³/mol. The molecule has 3 rings (SSSR count). The van der Waals surface area contributed by atoms with Gasteiger partial charge in [-0.3, -0.25) is 4.79 Å². The van der Waals surface area contributed by atoms with Crippen molar-refractivity contribution in [2.45, 2.75) is 12.8 Å². The van der Waals surface area contributed by atoms with Gasteiger partial charge in [-0.25, -0.2) is 4.98 Å². The van der Waals surface area contributed by atoms with E-state index in [0.29, 0.717) is 11.6 Å². The topological polar surface area (TPSA) is 42.0 Å². The molecule has 0 aliphatic rings. The summed E-state index contributed by atoms with van der Waals surface area (Å²) in [6, 6.07) is 12.0. The minimum atomic E-state index is -0.0239. The first-order chi connectivity index (χ1) is 10.7. The Labute approximate surface area is 145 Å². The highest BCUT2D eigenvalue weighted by molar-refractivity contribution is 9.10. The number of carbonyl (C=O) groups is 1. The first kappa shape index (κ1) is 15.4. The second-order valence-corrected chi connectivity index (χ2v) is 7.71. The van der Waals surface area contributed by atoms with Gasteiger partial charge in [0.2, 0.25) is 5.91 Å². The molecule has 0 aliphatic carbocycles. The SMILES string of the molecule is O=C(Cc1cccs1)Nc1ncc(Cc2ccccc2Br)s1. The average Bonchev–Trinajstić information content (AvgIpc) is 3.14. The van der Waals surface area contributed by atoms with Crippen LogP contribution in [0.15, 0.2) is 52.4 Å². The van der Waals surface area contributed by atoms with E-state index in [-0.39, 0.29) is 5.91 Å². The molecule has 1 N–H and O–H groups in total. The maximum Gasteiger partial charge on any atom is 0.231 e. The van der Waals surface area contributed by atoms with Crippen LogP contribution in [0.4, 0.5) is 5.13 Å². The molecule has 0 saturated carbocycles. The van der Waals surface area contributed by atoms with E-state index >= 15 is 0 Å². The summed E-state index contributed by atoms with van der Waals surface area (Å²) in [7, 11) is 0. The summed E-state index contributed by atoms with van der Waals surface area (Å²) in [5, 5.41) is 5.49. The minimum Gasteiger partial charge on any atom is -0.302 e. The van der Waals surface area contributed by atoms with E-state index in [2.05, 4.69) is 32.3 Å². The lowest BCUT2D eigenvalue weighted by atomic mass is 10.1. The quantitative estimate of drug-likeness (QED) is 0.681. The minimum absolute atomic E-state index is 0.0239. The van der Waals surface area contributed by atoms with E-state index in [4.69, 9.17) is 0 Å². The number of rotatable bonds is 5. The fourth-order valence-electron chi connectivity index (χ4n) is 2.01. The lowest BCUT2D eigenvalue weighted by molar-refractivity contribution is -0.115. The van der Waals surface area contributed by atoms with Crippen molar-refractivity contribution in [3.63, 3.8) is 0 Å². The molecule has 22 heavy (non-hydrogen) atoms. The number of aromatic nitrogens is 1. The van der Waals surface area contributed by atoms with Gasteiger partial charge in [-0.15, -0.1) is 22.7 Å². The molecular formula is C16H13BrN2OS2. The van der Waals surface area contributed by atoms with Crippen LogP contribution in [0.25, 0.3) is 0 Å². The molecule has 0 atom stereocenters. The molecule has 2 aromatic heterocycles. The Morgan fingerprint density at radius 3 is 2.82 bits per heavy atom. The molecule has 0 bridgehead atoms. The van der Waals surface area contributed by atoms with Gasteiger partial charge in [-0.1, -0.05) is 40.2 Å². The van der Waals surface area contributed by atoms with Gasteiger partial charge in [0.1, 0.15) is 0 Å². The number of hydrogen-bond acceptors (Lipinski definition) is 4. The highest BCUT2D eigenvalue weighted by Crippen LogP contribution is 2.25. The van der Waals surface area contributed by atoms with Gasteiger partial charge in [-0.2, -0.15) is 0 Å². The normalized spacial score (nSPS) is 10.6. The first-order valence-corrected chi connectivity index (χ1v) is 9.20. The van der Waals surface area contributed by atoms with Crippen LogP contribution in [0.3, 0.4) is 0 Å². The zero-order valence-corrected chi connectivity index (χ0v) is 14.8. The molecular weight excluding hydrogens is 380 g/mol. The Morgan fingerprint density at radius 1 is 1.18 bits per heavy atom. The monoisotopic (exact) mass is 392 g/mol. The van der Waals surface area contributed by atoms with E-state index in [1.54, 1.807) is 11.3 Å². The summed E-state index contributed by atoms with van der Waals surface area (Å²) in [5.41, 5.74) is 1.21. The summed E-state index contributed by atoms with van der Waals surface area (Å²) in [6.45, 7) is 0. The van der Waals surface area contributed by atoms with E-state index in [1.165, 1.54) is 16.9 Å². The standard InChI is InChI=1S/C16H13BrN2OS2/c17-14-6-2-1-4-11(14)8-13-10-18-16(22-13)19-15(20)9-12-5-3-7-21-12/h1-7,10H,8-9H2,(H,18,19,20). The molecule has 0 unspecified atom stereocenters. The van der Waals surface area contributed by atoms with E-state index in [9.17, 15) is 4.79 Å². The third kappa shape index (κ3) is 4.03. The van der Waals surface area contributed by atoms with Gasteiger partial charge in [-0.05, 0) is 23.1 Å². The van der Waals surface area contributed by atoms with Gasteiger partial charge >= 0.3 is 0 Å². The Bertz CT molecular complexity index is 768. The van der Waals surface area contributed by atoms with Gasteiger partial charge in [0.05, 0.1) is 6.42 Å². The number of halogens is 1. The number of benzene rings is 1. The number of carbonyl (C=O) groups excluding carboxylic acids is 1. The van der Waals surface area contributed by atoms with Crippen molar-refractivity contribution in [1.29, 1.82) is 0 Å². The molecule has 0 spiro atoms. The Morgan fingerprint density at radius 2 is 2.05 bits per heavy atom. The summed E-state index contributed by atoms with van der Waals surface area (Å²) < 4.78 is 1.09. The van der Waals surface area contributed by atoms with Gasteiger partial charge in [0.15, 0.2) is 5.13 Å². The van der Waals surface area contributed by atoms with Gasteiger partial charge in [0.25, 0.3) is 0 Å². The maximum absolute atomic E-state index is 12.0. The fourth-order valence-corrected chi connectivity index (χ4v) is 3.99. The third-order valence-corrected chi connectivity index (χ3v) is 5.60. The second-order valence-electron chi connectivity index (χ2n) is 4.70. The summed E-state index contributed by atoms with van der Waals surface area (Å²) in [5.74, 6) is -0.0239. The lowest BCUT2D eigenvalue weighted by Gasteiger charge is -2.01. The summed E-state index contributed by atoms with van der Waals surface area (Å²) in [4.78, 5) is 18.4. The number of anilines is 1. The number of nitrogens with zero attached hydrogens (tertiary/aromatic N) is 1. The molecule has 3 nitrogen and oxygen atoms in total. The van der Waals surface area contributed by atoms with Crippen molar-refractivity contribution in [3.8, 4) is 0 Å². The Balaban J connectivity index is 1.61. The number of hydrogen-bond donors (Lipinski definition) is 1. The largest absolute Gasteiger partial charge is 0.302 e. The molecule has 1 amide bonds. The number of thiophene rings is 1. The first-order valence-electron chi connectivity index (χ1n) is 6.71. The maximum atomic E-state index is 12.0. The van der Waals surface area contributed by atoms with Crippen molar-refractivity contribution < 1.29 is 4.79 Å². The summed E-state index contributed by atoms with van der Waals surface area (Å²) in [6.07, 6.45) is 3.03. The van der Waals surface area contributed by atoms with Crippen LogP contribution in [0, 0.1) is 0 Å². The molecule has 0 fully saturated rings. The molecule has 0 saturated heterocycles. The fraction of sp³-hybridized carbons (Fsp3) is 0.125. The Kier molecular flexibility index (Phi) is 5.02. The van der Waals surface area contributed by atoms with Crippen molar-refractivity contribution in [1.82, 2.24) is 4.98 Å². The second kappa shape index (κ2) is 7.17. The molecule has 3 aromatic rings. The van der Waals surface area contributed by atoms with E-state index in [1.807, 2.05) is 41.9 Å². The van der Waals surface area contributed by atoms with Gasteiger partial charge < -0.3 is 5.32 Å². The van der Waals surface area contributed by atoms with Crippen LogP contribution in [-0.4, -0.2) is 10.9 Å². The zero-order valence-electron chi connectivity index (χ0n) is 11.6. The Hall–Kier alpha value is -1.50. The molecule has 0 aliphatic heterocycles. The molecule has 112 valence electrons. The van der Waals surface area contributed by atoms with Crippen LogP contribution in [0.2, 0.25) is 0 Å². The highest BCUT2D eigenvalue weighted by Gasteiger charge is 2.09. The smallest absolute Gasteiger partial charge is 0.231 e. The number of nitrogens with one attached hydrogen (secondary N) is 1. The number of amides is 1. The molecule has 0 radical (unpaired) electrons. The lowest BCUT2D eigenvalue weighted by Crippen LogP contribution is -2.13. The van der Waals surface area contributed by atoms with Crippen LogP contribution in [-0.2, 0) is 17.6 Å². The predicted octanol–water partition coefficient (Wildman–Crippen LogP) is 4.74. The zero-order chi connectivity index (χ0) is 15.4. The van der Waals surface area contributed by atoms with Crippen LogP contribution >= 0.6 is 38.6 Å². The van der Waals surface area contributed by atoms with Crippen molar-refractivity contribution in [2.75, 3.05) is 5.32 Å². The van der Waals surface area contributed by atoms with Gasteiger partial charge in [0, 0.05) is 26.8 Å². The van der Waals surface area contributed by atoms with E-state index < -0.39 is 0 Å².